The van der Waals surface area contributed by atoms with E-state index < -0.39 is 9.05 Å². The second-order valence-electron chi connectivity index (χ2n) is 2.29. The van der Waals surface area contributed by atoms with Crippen LogP contribution < -0.4 is 0 Å². The van der Waals surface area contributed by atoms with Crippen molar-refractivity contribution in [3.05, 3.63) is 27.2 Å². The van der Waals surface area contributed by atoms with Crippen LogP contribution in [0.4, 0.5) is 0 Å². The molecule has 0 saturated heterocycles. The van der Waals surface area contributed by atoms with E-state index in [0.717, 1.165) is 0 Å². The molecule has 1 rings (SSSR count). The molecule has 0 radical (unpaired) electrons. The Morgan fingerprint density at radius 3 is 2.43 bits per heavy atom. The van der Waals surface area contributed by atoms with Gasteiger partial charge in [-0.25, -0.2) is 8.42 Å². The molecule has 0 bridgehead atoms. The highest BCUT2D eigenvalue weighted by Gasteiger charge is 2.18. The molecule has 0 spiro atoms. The van der Waals surface area contributed by atoms with E-state index in [9.17, 15) is 8.42 Å². The molecule has 1 aromatic carbocycles. The quantitative estimate of drug-likeness (QED) is 0.749. The van der Waals surface area contributed by atoms with E-state index in [1.807, 2.05) is 6.07 Å². The summed E-state index contributed by atoms with van der Waals surface area (Å²) < 4.78 is 22.2. The molecule has 0 atom stereocenters. The molecule has 0 unspecified atom stereocenters. The summed E-state index contributed by atoms with van der Waals surface area (Å²) in [5.74, 6) is 0. The van der Waals surface area contributed by atoms with Crippen LogP contribution in [-0.2, 0) is 9.05 Å². The minimum atomic E-state index is -3.88. The van der Waals surface area contributed by atoms with Crippen LogP contribution in [-0.4, -0.2) is 8.42 Å². The molecule has 0 N–H and O–H groups in total. The Hall–Kier alpha value is -0.280. The minimum Gasteiger partial charge on any atom is -0.207 e. The summed E-state index contributed by atoms with van der Waals surface area (Å²) >= 11 is 8.71. The lowest BCUT2D eigenvalue weighted by Crippen LogP contribution is -1.93. The lowest BCUT2D eigenvalue weighted by molar-refractivity contribution is 0.609. The fourth-order valence-electron chi connectivity index (χ4n) is 0.806. The van der Waals surface area contributed by atoms with Crippen molar-refractivity contribution in [1.29, 1.82) is 5.26 Å². The van der Waals surface area contributed by atoms with Gasteiger partial charge in [0.1, 0.15) is 11.0 Å². The lowest BCUT2D eigenvalue weighted by Gasteiger charge is -2.03. The van der Waals surface area contributed by atoms with Crippen molar-refractivity contribution in [2.75, 3.05) is 0 Å². The van der Waals surface area contributed by atoms with Gasteiger partial charge in [-0.1, -0.05) is 11.6 Å². The number of halogens is 3. The van der Waals surface area contributed by atoms with Gasteiger partial charge in [0.25, 0.3) is 9.05 Å². The van der Waals surface area contributed by atoms with Crippen molar-refractivity contribution in [3.63, 3.8) is 0 Å². The fraction of sp³-hybridized carbons (Fsp3) is 0. The molecular weight excluding hydrogens is 313 g/mol. The second-order valence-corrected chi connectivity index (χ2v) is 5.99. The summed E-state index contributed by atoms with van der Waals surface area (Å²) in [7, 11) is 1.24. The summed E-state index contributed by atoms with van der Waals surface area (Å²) in [6.45, 7) is 0. The molecule has 0 aromatic heterocycles. The van der Waals surface area contributed by atoms with Crippen LogP contribution in [0.3, 0.4) is 0 Å². The third-order valence-electron chi connectivity index (χ3n) is 1.43. The number of benzene rings is 1. The molecule has 0 saturated carbocycles. The van der Waals surface area contributed by atoms with E-state index in [1.54, 1.807) is 0 Å². The van der Waals surface area contributed by atoms with Gasteiger partial charge >= 0.3 is 0 Å². The SMILES string of the molecule is N#Cc1ccc(S(=O)(=O)Cl)c(Cl)c1Br. The van der Waals surface area contributed by atoms with E-state index in [2.05, 4.69) is 15.9 Å². The minimum absolute atomic E-state index is 0.0842. The molecular formula is C7H2BrCl2NO2S. The zero-order valence-corrected chi connectivity index (χ0v) is 10.4. The van der Waals surface area contributed by atoms with Gasteiger partial charge in [0.15, 0.2) is 0 Å². The second kappa shape index (κ2) is 4.07. The number of rotatable bonds is 1. The first kappa shape index (κ1) is 11.8. The molecule has 0 heterocycles. The molecule has 0 aliphatic carbocycles. The summed E-state index contributed by atoms with van der Waals surface area (Å²) in [5, 5.41) is 8.53. The Morgan fingerprint density at radius 1 is 1.43 bits per heavy atom. The van der Waals surface area contributed by atoms with Gasteiger partial charge < -0.3 is 0 Å². The van der Waals surface area contributed by atoms with Crippen molar-refractivity contribution >= 4 is 47.3 Å². The predicted molar refractivity (Wildman–Crippen MR) is 56.9 cm³/mol. The first-order chi connectivity index (χ1) is 6.38. The van der Waals surface area contributed by atoms with Gasteiger partial charge in [-0.3, -0.25) is 0 Å². The third kappa shape index (κ3) is 2.20. The molecule has 74 valence electrons. The van der Waals surface area contributed by atoms with Crippen molar-refractivity contribution in [3.8, 4) is 6.07 Å². The Balaban J connectivity index is 3.57. The van der Waals surface area contributed by atoms with E-state index in [1.165, 1.54) is 12.1 Å². The maximum Gasteiger partial charge on any atom is 0.262 e. The van der Waals surface area contributed by atoms with E-state index in [0.29, 0.717) is 0 Å². The number of hydrogen-bond acceptors (Lipinski definition) is 3. The van der Waals surface area contributed by atoms with Gasteiger partial charge in [-0.15, -0.1) is 0 Å². The van der Waals surface area contributed by atoms with Crippen LogP contribution in [0.25, 0.3) is 0 Å². The molecule has 3 nitrogen and oxygen atoms in total. The fourth-order valence-corrected chi connectivity index (χ4v) is 2.89. The maximum absolute atomic E-state index is 11.0. The molecule has 1 aromatic rings. The van der Waals surface area contributed by atoms with Crippen LogP contribution in [0.1, 0.15) is 5.56 Å². The molecule has 14 heavy (non-hydrogen) atoms. The smallest absolute Gasteiger partial charge is 0.207 e. The Labute approximate surface area is 98.8 Å². The first-order valence-corrected chi connectivity index (χ1v) is 6.68. The van der Waals surface area contributed by atoms with Crippen molar-refractivity contribution < 1.29 is 8.42 Å². The summed E-state index contributed by atoms with van der Waals surface area (Å²) in [6.07, 6.45) is 0. The monoisotopic (exact) mass is 313 g/mol. The van der Waals surface area contributed by atoms with Crippen molar-refractivity contribution in [1.82, 2.24) is 0 Å². The number of nitrogens with zero attached hydrogens (tertiary/aromatic N) is 1. The molecule has 0 aliphatic rings. The molecule has 0 aliphatic heterocycles. The highest BCUT2D eigenvalue weighted by molar-refractivity contribution is 9.10. The van der Waals surface area contributed by atoms with Crippen molar-refractivity contribution in [2.24, 2.45) is 0 Å². The third-order valence-corrected chi connectivity index (χ3v) is 4.35. The van der Waals surface area contributed by atoms with Gasteiger partial charge in [-0.2, -0.15) is 5.26 Å². The van der Waals surface area contributed by atoms with Crippen LogP contribution in [0.15, 0.2) is 21.5 Å². The van der Waals surface area contributed by atoms with E-state index in [-0.39, 0.29) is 20.0 Å². The average molecular weight is 315 g/mol. The normalized spacial score (nSPS) is 11.0. The molecule has 0 fully saturated rings. The van der Waals surface area contributed by atoms with Gasteiger partial charge in [0, 0.05) is 10.7 Å². The van der Waals surface area contributed by atoms with Crippen LogP contribution in [0.2, 0.25) is 5.02 Å². The van der Waals surface area contributed by atoms with Crippen molar-refractivity contribution in [2.45, 2.75) is 4.90 Å². The topological polar surface area (TPSA) is 57.9 Å². The number of hydrogen-bond donors (Lipinski definition) is 0. The van der Waals surface area contributed by atoms with E-state index >= 15 is 0 Å². The van der Waals surface area contributed by atoms with Crippen LogP contribution in [0, 0.1) is 11.3 Å². The summed E-state index contributed by atoms with van der Waals surface area (Å²) in [5.41, 5.74) is 0.249. The van der Waals surface area contributed by atoms with Crippen LogP contribution in [0.5, 0.6) is 0 Å². The molecule has 7 heteroatoms. The zero-order chi connectivity index (χ0) is 10.9. The standard InChI is InChI=1S/C7H2BrCl2NO2S/c8-6-4(3-11)1-2-5(7(6)9)14(10,12)13/h1-2H. The highest BCUT2D eigenvalue weighted by Crippen LogP contribution is 2.33. The average Bonchev–Trinajstić information content (AvgIpc) is 2.07. The highest BCUT2D eigenvalue weighted by atomic mass is 79.9. The summed E-state index contributed by atoms with van der Waals surface area (Å²) in [4.78, 5) is -0.216. The Morgan fingerprint density at radius 2 is 2.00 bits per heavy atom. The summed E-state index contributed by atoms with van der Waals surface area (Å²) in [6, 6.07) is 4.36. The largest absolute Gasteiger partial charge is 0.262 e. The molecule has 0 amide bonds. The predicted octanol–water partition coefficient (Wildman–Crippen LogP) is 2.90. The van der Waals surface area contributed by atoms with Gasteiger partial charge in [-0.05, 0) is 28.1 Å². The Bertz CT molecular complexity index is 521. The lowest BCUT2D eigenvalue weighted by atomic mass is 10.2. The Kier molecular flexibility index (Phi) is 3.43. The first-order valence-electron chi connectivity index (χ1n) is 3.20. The van der Waals surface area contributed by atoms with Gasteiger partial charge in [0.2, 0.25) is 0 Å². The van der Waals surface area contributed by atoms with Crippen LogP contribution >= 0.6 is 38.2 Å². The number of nitriles is 1. The maximum atomic E-state index is 11.0. The zero-order valence-electron chi connectivity index (χ0n) is 6.46. The van der Waals surface area contributed by atoms with Gasteiger partial charge in [0.05, 0.1) is 15.1 Å². The van der Waals surface area contributed by atoms with E-state index in [4.69, 9.17) is 27.5 Å².